The molecular weight excluding hydrogens is 374 g/mol. The van der Waals surface area contributed by atoms with Crippen LogP contribution in [0, 0.1) is 10.1 Å². The summed E-state index contributed by atoms with van der Waals surface area (Å²) in [6.07, 6.45) is -1.04. The predicted octanol–water partition coefficient (Wildman–Crippen LogP) is 4.42. The molecule has 0 spiro atoms. The molecule has 2 aliphatic rings. The van der Waals surface area contributed by atoms with Crippen LogP contribution < -0.4 is 4.74 Å². The number of fused-ring (bicyclic) bond motifs is 8. The molecule has 3 aromatic carbocycles. The first-order chi connectivity index (χ1) is 14.1. The Labute approximate surface area is 162 Å². The molecule has 7 nitrogen and oxygen atoms in total. The van der Waals surface area contributed by atoms with Crippen LogP contribution in [0.4, 0.5) is 5.69 Å². The summed E-state index contributed by atoms with van der Waals surface area (Å²) in [6, 6.07) is 14.9. The van der Waals surface area contributed by atoms with Gasteiger partial charge in [-0.25, -0.2) is 0 Å². The van der Waals surface area contributed by atoms with Crippen LogP contribution in [0.3, 0.4) is 0 Å². The number of para-hydroxylation sites is 1. The number of carbonyl (C=O) groups is 2. The number of ether oxygens (including phenoxy) is 1. The summed E-state index contributed by atoms with van der Waals surface area (Å²) < 4.78 is 11.8. The summed E-state index contributed by atoms with van der Waals surface area (Å²) in [7, 11) is 0. The van der Waals surface area contributed by atoms with Crippen molar-refractivity contribution in [2.45, 2.75) is 12.0 Å². The number of ketones is 2. The van der Waals surface area contributed by atoms with Crippen LogP contribution in [0.2, 0.25) is 0 Å². The monoisotopic (exact) mass is 385 g/mol. The van der Waals surface area contributed by atoms with Crippen LogP contribution in [0.25, 0.3) is 21.9 Å². The Morgan fingerprint density at radius 1 is 0.897 bits per heavy atom. The maximum absolute atomic E-state index is 13.5. The molecule has 0 saturated heterocycles. The molecule has 2 heterocycles. The zero-order valence-corrected chi connectivity index (χ0v) is 14.7. The minimum atomic E-state index is -1.04. The molecule has 7 heteroatoms. The number of Topliss-reactive ketones (excluding diaryl/α,β-unsaturated/α-hetero) is 2. The number of carbonyl (C=O) groups excluding carboxylic acids is 2. The smallest absolute Gasteiger partial charge is 0.280 e. The molecule has 0 saturated carbocycles. The van der Waals surface area contributed by atoms with E-state index in [0.717, 1.165) is 5.39 Å². The molecule has 0 radical (unpaired) electrons. The van der Waals surface area contributed by atoms with Crippen LogP contribution in [-0.2, 0) is 0 Å². The quantitative estimate of drug-likeness (QED) is 0.355. The zero-order chi connectivity index (χ0) is 19.9. The Morgan fingerprint density at radius 2 is 1.72 bits per heavy atom. The maximum Gasteiger partial charge on any atom is 0.280 e. The molecule has 0 N–H and O–H groups in total. The van der Waals surface area contributed by atoms with Crippen molar-refractivity contribution in [1.29, 1.82) is 0 Å². The van der Waals surface area contributed by atoms with Gasteiger partial charge in [0.1, 0.15) is 22.5 Å². The van der Waals surface area contributed by atoms with Gasteiger partial charge in [0.05, 0.1) is 10.8 Å². The Kier molecular flexibility index (Phi) is 2.92. The molecule has 4 aromatic rings. The third kappa shape index (κ3) is 1.91. The summed E-state index contributed by atoms with van der Waals surface area (Å²) >= 11 is 0. The molecule has 140 valence electrons. The summed E-state index contributed by atoms with van der Waals surface area (Å²) in [6.45, 7) is 0. The van der Waals surface area contributed by atoms with E-state index in [-0.39, 0.29) is 16.8 Å². The highest BCUT2D eigenvalue weighted by Crippen LogP contribution is 2.50. The summed E-state index contributed by atoms with van der Waals surface area (Å²) in [5.74, 6) is -1.43. The molecule has 6 rings (SSSR count). The van der Waals surface area contributed by atoms with E-state index in [9.17, 15) is 19.7 Å². The first-order valence-corrected chi connectivity index (χ1v) is 9.03. The Hall–Kier alpha value is -4.00. The van der Waals surface area contributed by atoms with E-state index in [4.69, 9.17) is 9.15 Å². The van der Waals surface area contributed by atoms with E-state index in [1.807, 2.05) is 24.3 Å². The zero-order valence-electron chi connectivity index (χ0n) is 14.7. The molecule has 0 fully saturated rings. The van der Waals surface area contributed by atoms with Gasteiger partial charge in [-0.1, -0.05) is 30.3 Å². The lowest BCUT2D eigenvalue weighted by Crippen LogP contribution is -2.39. The normalized spacial score (nSPS) is 19.7. The van der Waals surface area contributed by atoms with Crippen molar-refractivity contribution in [3.63, 3.8) is 0 Å². The van der Waals surface area contributed by atoms with E-state index < -0.39 is 28.5 Å². The minimum absolute atomic E-state index is 0.0338. The van der Waals surface area contributed by atoms with Crippen LogP contribution >= 0.6 is 0 Å². The van der Waals surface area contributed by atoms with Gasteiger partial charge >= 0.3 is 0 Å². The fraction of sp³-hybridized carbons (Fsp3) is 0.0909. The second-order valence-electron chi connectivity index (χ2n) is 7.15. The van der Waals surface area contributed by atoms with E-state index >= 15 is 0 Å². The highest BCUT2D eigenvalue weighted by molar-refractivity contribution is 6.23. The van der Waals surface area contributed by atoms with Crippen molar-refractivity contribution >= 4 is 39.2 Å². The Bertz CT molecular complexity index is 1420. The first kappa shape index (κ1) is 16.0. The standard InChI is InChI=1S/C22H11NO6/c24-20-11-5-3-6-12(23(26)27)16(11)21(25)19-18-15(29-22(19)20)9-8-14-17(18)10-4-1-2-7-13(10)28-14/h1-9,19,22H/t19-,22-/m0/s1. The SMILES string of the molecule is O=C1c2cccc([N+](=O)[O-])c2C(=O)[C@@H]2c3c(ccc4oc5ccccc5c34)O[C@H]12. The highest BCUT2D eigenvalue weighted by Gasteiger charge is 2.52. The third-order valence-electron chi connectivity index (χ3n) is 5.70. The second kappa shape index (κ2) is 5.29. The summed E-state index contributed by atoms with van der Waals surface area (Å²) in [5, 5.41) is 13.0. The van der Waals surface area contributed by atoms with Crippen LogP contribution in [0.1, 0.15) is 32.2 Å². The van der Waals surface area contributed by atoms with E-state index in [1.54, 1.807) is 12.1 Å². The maximum atomic E-state index is 13.5. The number of hydrogen-bond donors (Lipinski definition) is 0. The first-order valence-electron chi connectivity index (χ1n) is 9.03. The molecule has 0 amide bonds. The van der Waals surface area contributed by atoms with Crippen molar-refractivity contribution < 1.29 is 23.7 Å². The number of benzene rings is 3. The van der Waals surface area contributed by atoms with Gasteiger partial charge in [0.15, 0.2) is 11.9 Å². The van der Waals surface area contributed by atoms with Crippen LogP contribution in [0.5, 0.6) is 5.75 Å². The fourth-order valence-corrected chi connectivity index (χ4v) is 4.53. The number of nitro groups is 1. The lowest BCUT2D eigenvalue weighted by molar-refractivity contribution is -0.385. The average Bonchev–Trinajstić information content (AvgIpc) is 3.29. The predicted molar refractivity (Wildman–Crippen MR) is 103 cm³/mol. The molecule has 1 aliphatic carbocycles. The molecule has 2 atom stereocenters. The third-order valence-corrected chi connectivity index (χ3v) is 5.70. The van der Waals surface area contributed by atoms with Crippen molar-refractivity contribution in [3.8, 4) is 5.75 Å². The average molecular weight is 385 g/mol. The number of nitrogens with zero attached hydrogens (tertiary/aromatic N) is 1. The topological polar surface area (TPSA) is 99.7 Å². The van der Waals surface area contributed by atoms with Crippen molar-refractivity contribution in [1.82, 2.24) is 0 Å². The van der Waals surface area contributed by atoms with E-state index in [0.29, 0.717) is 27.9 Å². The molecule has 1 aliphatic heterocycles. The Balaban J connectivity index is 1.68. The van der Waals surface area contributed by atoms with Gasteiger partial charge in [0.25, 0.3) is 5.69 Å². The highest BCUT2D eigenvalue weighted by atomic mass is 16.6. The number of hydrogen-bond acceptors (Lipinski definition) is 6. The van der Waals surface area contributed by atoms with Crippen molar-refractivity contribution in [3.05, 3.63) is 81.4 Å². The molecular formula is C22H11NO6. The number of furan rings is 1. The lowest BCUT2D eigenvalue weighted by atomic mass is 9.76. The number of nitro benzene ring substituents is 1. The fourth-order valence-electron chi connectivity index (χ4n) is 4.53. The van der Waals surface area contributed by atoms with Gasteiger partial charge in [0, 0.05) is 28.0 Å². The van der Waals surface area contributed by atoms with E-state index in [2.05, 4.69) is 0 Å². The van der Waals surface area contributed by atoms with Crippen molar-refractivity contribution in [2.75, 3.05) is 0 Å². The van der Waals surface area contributed by atoms with Gasteiger partial charge in [-0.2, -0.15) is 0 Å². The van der Waals surface area contributed by atoms with Gasteiger partial charge in [0.2, 0.25) is 5.78 Å². The van der Waals surface area contributed by atoms with Crippen LogP contribution in [0.15, 0.2) is 59.0 Å². The lowest BCUT2D eigenvalue weighted by Gasteiger charge is -2.24. The van der Waals surface area contributed by atoms with Gasteiger partial charge in [-0.05, 0) is 18.2 Å². The second-order valence-corrected chi connectivity index (χ2v) is 7.15. The molecule has 1 aromatic heterocycles. The molecule has 29 heavy (non-hydrogen) atoms. The van der Waals surface area contributed by atoms with Gasteiger partial charge in [-0.15, -0.1) is 0 Å². The largest absolute Gasteiger partial charge is 0.481 e. The van der Waals surface area contributed by atoms with E-state index in [1.165, 1.54) is 18.2 Å². The van der Waals surface area contributed by atoms with Gasteiger partial charge < -0.3 is 9.15 Å². The molecule has 0 bridgehead atoms. The number of rotatable bonds is 1. The minimum Gasteiger partial charge on any atom is -0.481 e. The Morgan fingerprint density at radius 3 is 2.55 bits per heavy atom. The summed E-state index contributed by atoms with van der Waals surface area (Å²) in [5.41, 5.74) is 1.30. The van der Waals surface area contributed by atoms with Crippen LogP contribution in [-0.4, -0.2) is 22.6 Å². The molecule has 0 unspecified atom stereocenters. The van der Waals surface area contributed by atoms with Crippen molar-refractivity contribution in [2.24, 2.45) is 0 Å². The van der Waals surface area contributed by atoms with Gasteiger partial charge in [-0.3, -0.25) is 19.7 Å². The summed E-state index contributed by atoms with van der Waals surface area (Å²) in [4.78, 5) is 37.4.